The van der Waals surface area contributed by atoms with E-state index in [0.717, 1.165) is 25.9 Å². The van der Waals surface area contributed by atoms with Gasteiger partial charge >= 0.3 is 0 Å². The van der Waals surface area contributed by atoms with Gasteiger partial charge in [0, 0.05) is 36.4 Å². The van der Waals surface area contributed by atoms with Gasteiger partial charge in [0.2, 0.25) is 5.91 Å². The maximum Gasteiger partial charge on any atom is 0.220 e. The first-order chi connectivity index (χ1) is 9.50. The Kier molecular flexibility index (Phi) is 5.22. The standard InChI is InChI=1S/C16H28N2O2.ClH/c1-16(2)14(11-6-4-8-20-15(11)16)18-13(19)9-10-5-3-7-12(10)17;/h10-12,14-15H,3-9,17H2,1-2H3,(H,18,19);1H/t10-,11?,12+,14?,15?;/m0./s1. The van der Waals surface area contributed by atoms with Gasteiger partial charge < -0.3 is 15.8 Å². The van der Waals surface area contributed by atoms with Gasteiger partial charge in [-0.15, -0.1) is 12.4 Å². The number of ether oxygens (including phenoxy) is 1. The molecule has 1 aliphatic heterocycles. The molecule has 3 fully saturated rings. The fourth-order valence-electron chi connectivity index (χ4n) is 4.60. The third-order valence-electron chi connectivity index (χ3n) is 5.81. The lowest BCUT2D eigenvalue weighted by molar-refractivity contribution is -0.194. The van der Waals surface area contributed by atoms with Gasteiger partial charge in [0.05, 0.1) is 6.10 Å². The Labute approximate surface area is 134 Å². The van der Waals surface area contributed by atoms with Crippen LogP contribution in [0.5, 0.6) is 0 Å². The molecule has 5 atom stereocenters. The van der Waals surface area contributed by atoms with Gasteiger partial charge in [-0.3, -0.25) is 4.79 Å². The lowest BCUT2D eigenvalue weighted by Gasteiger charge is -2.59. The van der Waals surface area contributed by atoms with E-state index in [1.54, 1.807) is 0 Å². The van der Waals surface area contributed by atoms with Crippen molar-refractivity contribution in [2.24, 2.45) is 23.0 Å². The van der Waals surface area contributed by atoms with Crippen molar-refractivity contribution in [1.29, 1.82) is 0 Å². The number of carbonyl (C=O) groups excluding carboxylic acids is 1. The molecule has 1 saturated heterocycles. The van der Waals surface area contributed by atoms with Crippen molar-refractivity contribution in [3.63, 3.8) is 0 Å². The Hall–Kier alpha value is -0.320. The molecule has 122 valence electrons. The number of carbonyl (C=O) groups is 1. The number of nitrogens with two attached hydrogens (primary N) is 1. The normalized spacial score (nSPS) is 40.6. The second-order valence-corrected chi connectivity index (χ2v) is 7.52. The molecule has 4 nitrogen and oxygen atoms in total. The van der Waals surface area contributed by atoms with Crippen LogP contribution in [0.3, 0.4) is 0 Å². The van der Waals surface area contributed by atoms with Gasteiger partial charge in [0.15, 0.2) is 0 Å². The highest BCUT2D eigenvalue weighted by atomic mass is 35.5. The fraction of sp³-hybridized carbons (Fsp3) is 0.938. The average molecular weight is 317 g/mol. The van der Waals surface area contributed by atoms with Crippen LogP contribution in [0, 0.1) is 17.3 Å². The van der Waals surface area contributed by atoms with Crippen LogP contribution in [0.4, 0.5) is 0 Å². The van der Waals surface area contributed by atoms with Crippen LogP contribution in [0.25, 0.3) is 0 Å². The minimum absolute atomic E-state index is 0. The summed E-state index contributed by atoms with van der Waals surface area (Å²) in [4.78, 5) is 12.3. The summed E-state index contributed by atoms with van der Waals surface area (Å²) in [6.45, 7) is 5.31. The summed E-state index contributed by atoms with van der Waals surface area (Å²) in [6, 6.07) is 0.499. The highest BCUT2D eigenvalue weighted by molar-refractivity contribution is 5.85. The minimum atomic E-state index is 0. The van der Waals surface area contributed by atoms with Crippen molar-refractivity contribution in [3.8, 4) is 0 Å². The second-order valence-electron chi connectivity index (χ2n) is 7.52. The maximum atomic E-state index is 12.3. The Bertz CT molecular complexity index is 388. The molecule has 0 aromatic heterocycles. The zero-order valence-corrected chi connectivity index (χ0v) is 14.0. The third-order valence-corrected chi connectivity index (χ3v) is 5.81. The van der Waals surface area contributed by atoms with E-state index in [9.17, 15) is 4.79 Å². The molecule has 3 aliphatic rings. The summed E-state index contributed by atoms with van der Waals surface area (Å²) in [7, 11) is 0. The molecule has 5 heteroatoms. The van der Waals surface area contributed by atoms with E-state index in [0.29, 0.717) is 24.4 Å². The molecule has 3 unspecified atom stereocenters. The summed E-state index contributed by atoms with van der Waals surface area (Å²) in [6.07, 6.45) is 6.59. The van der Waals surface area contributed by atoms with Crippen molar-refractivity contribution in [3.05, 3.63) is 0 Å². The lowest BCUT2D eigenvalue weighted by Crippen LogP contribution is -2.70. The largest absolute Gasteiger partial charge is 0.377 e. The van der Waals surface area contributed by atoms with Crippen molar-refractivity contribution in [1.82, 2.24) is 5.32 Å². The van der Waals surface area contributed by atoms with Crippen molar-refractivity contribution < 1.29 is 9.53 Å². The van der Waals surface area contributed by atoms with Crippen LogP contribution in [0.1, 0.15) is 52.4 Å². The van der Waals surface area contributed by atoms with Gasteiger partial charge in [0.25, 0.3) is 0 Å². The van der Waals surface area contributed by atoms with Crippen molar-refractivity contribution >= 4 is 18.3 Å². The SMILES string of the molecule is CC1(C)C(NC(=O)C[C@@H]2CCC[C@H]2N)C2CCCOC21.Cl. The predicted molar refractivity (Wildman–Crippen MR) is 85.4 cm³/mol. The summed E-state index contributed by atoms with van der Waals surface area (Å²) >= 11 is 0. The quantitative estimate of drug-likeness (QED) is 0.839. The van der Waals surface area contributed by atoms with E-state index in [2.05, 4.69) is 19.2 Å². The molecule has 1 heterocycles. The van der Waals surface area contributed by atoms with E-state index in [1.165, 1.54) is 12.8 Å². The number of rotatable bonds is 3. The molecule has 0 bridgehead atoms. The van der Waals surface area contributed by atoms with E-state index < -0.39 is 0 Å². The van der Waals surface area contributed by atoms with Crippen LogP contribution in [0.2, 0.25) is 0 Å². The fourth-order valence-corrected chi connectivity index (χ4v) is 4.60. The molecule has 0 spiro atoms. The molecular formula is C16H29ClN2O2. The van der Waals surface area contributed by atoms with Crippen molar-refractivity contribution in [2.45, 2.75) is 70.6 Å². The van der Waals surface area contributed by atoms with E-state index in [-0.39, 0.29) is 35.8 Å². The third kappa shape index (κ3) is 3.08. The molecule has 2 aliphatic carbocycles. The molecule has 1 amide bonds. The monoisotopic (exact) mass is 316 g/mol. The van der Waals surface area contributed by atoms with Crippen LogP contribution >= 0.6 is 12.4 Å². The van der Waals surface area contributed by atoms with Crippen LogP contribution in [-0.4, -0.2) is 30.7 Å². The first-order valence-electron chi connectivity index (χ1n) is 8.16. The van der Waals surface area contributed by atoms with Crippen LogP contribution < -0.4 is 11.1 Å². The first-order valence-corrected chi connectivity index (χ1v) is 8.16. The first kappa shape index (κ1) is 17.0. The number of fused-ring (bicyclic) bond motifs is 1. The molecule has 3 rings (SSSR count). The van der Waals surface area contributed by atoms with E-state index in [4.69, 9.17) is 10.5 Å². The summed E-state index contributed by atoms with van der Waals surface area (Å²) in [5.74, 6) is 1.09. The number of hydrogen-bond donors (Lipinski definition) is 2. The Balaban J connectivity index is 0.00000161. The lowest BCUT2D eigenvalue weighted by atomic mass is 9.55. The van der Waals surface area contributed by atoms with Gasteiger partial charge in [-0.25, -0.2) is 0 Å². The second kappa shape index (κ2) is 6.43. The summed E-state index contributed by atoms with van der Waals surface area (Å²) < 4.78 is 5.88. The van der Waals surface area contributed by atoms with Gasteiger partial charge in [-0.2, -0.15) is 0 Å². The van der Waals surface area contributed by atoms with E-state index in [1.807, 2.05) is 0 Å². The van der Waals surface area contributed by atoms with Crippen LogP contribution in [0.15, 0.2) is 0 Å². The highest BCUT2D eigenvalue weighted by Crippen LogP contribution is 2.51. The summed E-state index contributed by atoms with van der Waals surface area (Å²) in [5.41, 5.74) is 6.13. The topological polar surface area (TPSA) is 64.4 Å². The van der Waals surface area contributed by atoms with Gasteiger partial charge in [0.1, 0.15) is 0 Å². The Morgan fingerprint density at radius 1 is 1.29 bits per heavy atom. The maximum absolute atomic E-state index is 12.3. The zero-order valence-electron chi connectivity index (χ0n) is 13.1. The predicted octanol–water partition coefficient (Wildman–Crippen LogP) is 2.25. The average Bonchev–Trinajstić information content (AvgIpc) is 2.82. The number of hydrogen-bond acceptors (Lipinski definition) is 3. The van der Waals surface area contributed by atoms with Crippen LogP contribution in [-0.2, 0) is 9.53 Å². The number of halogens is 1. The zero-order chi connectivity index (χ0) is 14.3. The van der Waals surface area contributed by atoms with E-state index >= 15 is 0 Å². The molecule has 0 aromatic rings. The van der Waals surface area contributed by atoms with Gasteiger partial charge in [-0.05, 0) is 31.6 Å². The number of nitrogens with one attached hydrogen (secondary N) is 1. The summed E-state index contributed by atoms with van der Waals surface area (Å²) in [5, 5.41) is 3.28. The molecule has 3 N–H and O–H groups in total. The molecule has 0 radical (unpaired) electrons. The molecule has 0 aromatic carbocycles. The minimum Gasteiger partial charge on any atom is -0.377 e. The highest BCUT2D eigenvalue weighted by Gasteiger charge is 2.58. The van der Waals surface area contributed by atoms with Gasteiger partial charge in [-0.1, -0.05) is 20.3 Å². The Morgan fingerprint density at radius 2 is 2.05 bits per heavy atom. The van der Waals surface area contributed by atoms with Crippen molar-refractivity contribution in [2.75, 3.05) is 6.61 Å². The molecule has 21 heavy (non-hydrogen) atoms. The smallest absolute Gasteiger partial charge is 0.220 e. The Morgan fingerprint density at radius 3 is 2.71 bits per heavy atom. The molecule has 2 saturated carbocycles. The molecular weight excluding hydrogens is 288 g/mol. The number of amides is 1.